The van der Waals surface area contributed by atoms with Crippen molar-refractivity contribution >= 4 is 39.1 Å². The Kier molecular flexibility index (Phi) is 5.79. The van der Waals surface area contributed by atoms with Crippen molar-refractivity contribution in [3.05, 3.63) is 59.1 Å². The molecule has 1 heterocycles. The van der Waals surface area contributed by atoms with E-state index in [9.17, 15) is 9.59 Å². The molecule has 28 heavy (non-hydrogen) atoms. The fourth-order valence-electron chi connectivity index (χ4n) is 2.61. The fourth-order valence-corrected chi connectivity index (χ4v) is 3.61. The number of amides is 2. The van der Waals surface area contributed by atoms with E-state index in [0.717, 1.165) is 22.5 Å². The number of carbonyl (C=O) groups is 2. The summed E-state index contributed by atoms with van der Waals surface area (Å²) in [5, 5.41) is 6.65. The van der Waals surface area contributed by atoms with Crippen molar-refractivity contribution in [2.75, 3.05) is 5.32 Å². The maximum atomic E-state index is 12.3. The third-order valence-corrected chi connectivity index (χ3v) is 5.37. The predicted molar refractivity (Wildman–Crippen MR) is 115 cm³/mol. The molecule has 2 aromatic carbocycles. The average Bonchev–Trinajstić information content (AvgIpc) is 3.04. The summed E-state index contributed by atoms with van der Waals surface area (Å²) in [5.41, 5.74) is 2.33. The van der Waals surface area contributed by atoms with Gasteiger partial charge in [0.15, 0.2) is 0 Å². The summed E-state index contributed by atoms with van der Waals surface area (Å²) in [6.45, 7) is 7.13. The van der Waals surface area contributed by atoms with Crippen LogP contribution in [0.3, 0.4) is 0 Å². The molecule has 146 valence electrons. The van der Waals surface area contributed by atoms with Gasteiger partial charge in [-0.25, -0.2) is 4.98 Å². The number of aromatic nitrogens is 1. The number of rotatable bonds is 5. The highest BCUT2D eigenvalue weighted by molar-refractivity contribution is 7.18. The first kappa shape index (κ1) is 20.0. The lowest BCUT2D eigenvalue weighted by Crippen LogP contribution is -2.46. The Morgan fingerprint density at radius 1 is 1.07 bits per heavy atom. The van der Waals surface area contributed by atoms with Crippen LogP contribution in [0.5, 0.6) is 0 Å². The molecular weight excluding hydrogens is 370 g/mol. The second-order valence-electron chi connectivity index (χ2n) is 7.88. The zero-order chi connectivity index (χ0) is 20.3. The van der Waals surface area contributed by atoms with E-state index >= 15 is 0 Å². The molecule has 1 atom stereocenters. The summed E-state index contributed by atoms with van der Waals surface area (Å²) < 4.78 is 1.19. The first-order valence-electron chi connectivity index (χ1n) is 9.27. The maximum absolute atomic E-state index is 12.3. The molecular formula is C22H25N3O2S. The largest absolute Gasteiger partial charge is 0.344 e. The van der Waals surface area contributed by atoms with Crippen LogP contribution in [-0.4, -0.2) is 22.8 Å². The third-order valence-electron chi connectivity index (χ3n) is 4.34. The molecule has 5 nitrogen and oxygen atoms in total. The van der Waals surface area contributed by atoms with Crippen molar-refractivity contribution in [1.29, 1.82) is 0 Å². The number of carbonyl (C=O) groups excluding carboxylic acids is 2. The standard InChI is InChI=1S/C22H25N3O2S/c1-14(23-21(27)22(2,3)4)20(26)24-16-11-9-15(10-12-16)13-19-25-17-7-5-6-8-18(17)28-19/h5-12,14H,13H2,1-4H3,(H,23,27)(H,24,26). The van der Waals surface area contributed by atoms with Gasteiger partial charge in [0.25, 0.3) is 0 Å². The molecule has 0 bridgehead atoms. The van der Waals surface area contributed by atoms with Gasteiger partial charge < -0.3 is 10.6 Å². The van der Waals surface area contributed by atoms with Crippen LogP contribution in [0.2, 0.25) is 0 Å². The number of para-hydroxylation sites is 1. The van der Waals surface area contributed by atoms with Crippen molar-refractivity contribution in [1.82, 2.24) is 10.3 Å². The maximum Gasteiger partial charge on any atom is 0.246 e. The molecule has 2 N–H and O–H groups in total. The van der Waals surface area contributed by atoms with Gasteiger partial charge >= 0.3 is 0 Å². The van der Waals surface area contributed by atoms with Crippen LogP contribution in [0.15, 0.2) is 48.5 Å². The van der Waals surface area contributed by atoms with E-state index in [1.807, 2.05) is 63.2 Å². The third kappa shape index (κ3) is 4.95. The van der Waals surface area contributed by atoms with Crippen LogP contribution in [-0.2, 0) is 16.0 Å². The van der Waals surface area contributed by atoms with E-state index < -0.39 is 11.5 Å². The van der Waals surface area contributed by atoms with Crippen molar-refractivity contribution < 1.29 is 9.59 Å². The van der Waals surface area contributed by atoms with Crippen molar-refractivity contribution in [2.24, 2.45) is 5.41 Å². The van der Waals surface area contributed by atoms with Gasteiger partial charge in [0, 0.05) is 17.5 Å². The molecule has 0 aliphatic heterocycles. The minimum atomic E-state index is -0.603. The number of benzene rings is 2. The normalized spacial score (nSPS) is 12.6. The molecule has 6 heteroatoms. The van der Waals surface area contributed by atoms with Crippen LogP contribution in [0.4, 0.5) is 5.69 Å². The van der Waals surface area contributed by atoms with Gasteiger partial charge in [0.2, 0.25) is 11.8 Å². The molecule has 3 aromatic rings. The molecule has 0 saturated heterocycles. The van der Waals surface area contributed by atoms with Crippen molar-refractivity contribution in [3.63, 3.8) is 0 Å². The summed E-state index contributed by atoms with van der Waals surface area (Å²) in [4.78, 5) is 29.0. The molecule has 0 spiro atoms. The lowest BCUT2D eigenvalue weighted by atomic mass is 9.95. The van der Waals surface area contributed by atoms with Gasteiger partial charge in [0.1, 0.15) is 6.04 Å². The second kappa shape index (κ2) is 8.10. The van der Waals surface area contributed by atoms with E-state index in [4.69, 9.17) is 0 Å². The molecule has 0 radical (unpaired) electrons. The van der Waals surface area contributed by atoms with E-state index in [1.165, 1.54) is 4.70 Å². The highest BCUT2D eigenvalue weighted by atomic mass is 32.1. The number of thiazole rings is 1. The summed E-state index contributed by atoms with van der Waals surface area (Å²) in [6.07, 6.45) is 0.756. The van der Waals surface area contributed by atoms with Gasteiger partial charge in [-0.1, -0.05) is 45.0 Å². The monoisotopic (exact) mass is 395 g/mol. The molecule has 1 aromatic heterocycles. The van der Waals surface area contributed by atoms with E-state index in [2.05, 4.69) is 21.7 Å². The lowest BCUT2D eigenvalue weighted by molar-refractivity contribution is -0.131. The Hall–Kier alpha value is -2.73. The van der Waals surface area contributed by atoms with Crippen LogP contribution < -0.4 is 10.6 Å². The predicted octanol–water partition coefficient (Wildman–Crippen LogP) is 4.38. The first-order valence-corrected chi connectivity index (χ1v) is 10.1. The number of hydrogen-bond acceptors (Lipinski definition) is 4. The number of fused-ring (bicyclic) bond motifs is 1. The summed E-state index contributed by atoms with van der Waals surface area (Å²) in [6, 6.07) is 15.2. The summed E-state index contributed by atoms with van der Waals surface area (Å²) in [5.74, 6) is -0.391. The number of nitrogens with zero attached hydrogens (tertiary/aromatic N) is 1. The smallest absolute Gasteiger partial charge is 0.246 e. The fraction of sp³-hybridized carbons (Fsp3) is 0.318. The van der Waals surface area contributed by atoms with Crippen molar-refractivity contribution in [2.45, 2.75) is 40.2 Å². The molecule has 0 fully saturated rings. The van der Waals surface area contributed by atoms with Crippen molar-refractivity contribution in [3.8, 4) is 0 Å². The van der Waals surface area contributed by atoms with Crippen LogP contribution >= 0.6 is 11.3 Å². The molecule has 0 aliphatic carbocycles. The minimum absolute atomic E-state index is 0.152. The van der Waals surface area contributed by atoms with Crippen LogP contribution in [0.1, 0.15) is 38.3 Å². The number of nitrogens with one attached hydrogen (secondary N) is 2. The van der Waals surface area contributed by atoms with Crippen LogP contribution in [0, 0.1) is 5.41 Å². The van der Waals surface area contributed by atoms with Gasteiger partial charge in [0.05, 0.1) is 15.2 Å². The number of anilines is 1. The van der Waals surface area contributed by atoms with Gasteiger partial charge in [-0.05, 0) is 36.8 Å². The molecule has 0 saturated carbocycles. The Balaban J connectivity index is 1.59. The van der Waals surface area contributed by atoms with Crippen LogP contribution in [0.25, 0.3) is 10.2 Å². The molecule has 3 rings (SSSR count). The average molecular weight is 396 g/mol. The van der Waals surface area contributed by atoms with E-state index in [1.54, 1.807) is 18.3 Å². The molecule has 1 unspecified atom stereocenters. The van der Waals surface area contributed by atoms with Gasteiger partial charge in [-0.15, -0.1) is 11.3 Å². The lowest BCUT2D eigenvalue weighted by Gasteiger charge is -2.21. The number of hydrogen-bond donors (Lipinski definition) is 2. The first-order chi connectivity index (χ1) is 13.2. The van der Waals surface area contributed by atoms with Gasteiger partial charge in [-0.3, -0.25) is 9.59 Å². The molecule has 0 aliphatic rings. The summed E-state index contributed by atoms with van der Waals surface area (Å²) in [7, 11) is 0. The zero-order valence-corrected chi connectivity index (χ0v) is 17.4. The second-order valence-corrected chi connectivity index (χ2v) is 9.00. The van der Waals surface area contributed by atoms with E-state index in [0.29, 0.717) is 5.69 Å². The zero-order valence-electron chi connectivity index (χ0n) is 16.6. The topological polar surface area (TPSA) is 71.1 Å². The van der Waals surface area contributed by atoms with Gasteiger partial charge in [-0.2, -0.15) is 0 Å². The SMILES string of the molecule is CC(NC(=O)C(C)(C)C)C(=O)Nc1ccc(Cc2nc3ccccc3s2)cc1. The minimum Gasteiger partial charge on any atom is -0.344 e. The van der Waals surface area contributed by atoms with E-state index in [-0.39, 0.29) is 11.8 Å². The Labute approximate surface area is 169 Å². The summed E-state index contributed by atoms with van der Waals surface area (Å²) >= 11 is 1.70. The Morgan fingerprint density at radius 3 is 2.39 bits per heavy atom. The highest BCUT2D eigenvalue weighted by Crippen LogP contribution is 2.24. The quantitative estimate of drug-likeness (QED) is 0.674. The molecule has 2 amide bonds. The highest BCUT2D eigenvalue weighted by Gasteiger charge is 2.25. The Bertz CT molecular complexity index is 954. The Morgan fingerprint density at radius 2 is 1.75 bits per heavy atom.